The number of hydrogen-bond donors (Lipinski definition) is 2. The van der Waals surface area contributed by atoms with E-state index in [0.29, 0.717) is 19.4 Å². The third-order valence-corrected chi connectivity index (χ3v) is 7.01. The Hall–Kier alpha value is -1.40. The van der Waals surface area contributed by atoms with E-state index in [1.807, 2.05) is 12.1 Å². The average Bonchev–Trinajstić information content (AvgIpc) is 3.08. The number of nitrogens with one attached hydrogen (secondary N) is 2. The number of hydrogen-bond acceptors (Lipinski definition) is 4. The molecule has 1 unspecified atom stereocenters. The van der Waals surface area contributed by atoms with Gasteiger partial charge < -0.3 is 10.6 Å². The normalized spacial score (nSPS) is 21.8. The highest BCUT2D eigenvalue weighted by Crippen LogP contribution is 2.25. The van der Waals surface area contributed by atoms with Crippen LogP contribution in [0.1, 0.15) is 42.9 Å². The van der Waals surface area contributed by atoms with E-state index in [2.05, 4.69) is 22.8 Å². The highest BCUT2D eigenvalue weighted by atomic mass is 32.2. The molecule has 126 valence electrons. The van der Waals surface area contributed by atoms with Gasteiger partial charge in [0.15, 0.2) is 9.84 Å². The summed E-state index contributed by atoms with van der Waals surface area (Å²) in [5, 5.41) is 5.86. The number of carbonyl (C=O) groups is 1. The van der Waals surface area contributed by atoms with Crippen LogP contribution in [-0.4, -0.2) is 38.4 Å². The standard InChI is InChI=1S/C17H24N2O3S/c20-17(12-23(21,22)14-6-2-3-7-14)19-11-16-15-8-4-1-5-13(15)9-10-18-16/h1,4-5,8,14,16,18H,2-3,6-7,9-12H2,(H,19,20). The molecule has 0 bridgehead atoms. The molecule has 2 N–H and O–H groups in total. The number of fused-ring (bicyclic) bond motifs is 1. The Morgan fingerprint density at radius 2 is 1.96 bits per heavy atom. The number of carbonyl (C=O) groups excluding carboxylic acids is 1. The lowest BCUT2D eigenvalue weighted by Gasteiger charge is -2.27. The van der Waals surface area contributed by atoms with Crippen molar-refractivity contribution in [3.8, 4) is 0 Å². The van der Waals surface area contributed by atoms with Crippen molar-refractivity contribution in [2.45, 2.75) is 43.4 Å². The monoisotopic (exact) mass is 336 g/mol. The first kappa shape index (κ1) is 16.5. The third-order valence-electron chi connectivity index (χ3n) is 4.86. The molecule has 1 atom stereocenters. The average molecular weight is 336 g/mol. The Kier molecular flexibility index (Phi) is 5.02. The van der Waals surface area contributed by atoms with E-state index >= 15 is 0 Å². The first-order valence-electron chi connectivity index (χ1n) is 8.36. The molecular weight excluding hydrogens is 312 g/mol. The lowest BCUT2D eigenvalue weighted by Crippen LogP contribution is -2.41. The molecule has 1 amide bonds. The summed E-state index contributed by atoms with van der Waals surface area (Å²) in [4.78, 5) is 12.1. The van der Waals surface area contributed by atoms with Crippen molar-refractivity contribution in [1.29, 1.82) is 0 Å². The Morgan fingerprint density at radius 3 is 2.74 bits per heavy atom. The summed E-state index contributed by atoms with van der Waals surface area (Å²) < 4.78 is 24.4. The molecule has 1 fully saturated rings. The van der Waals surface area contributed by atoms with Crippen LogP contribution in [0.25, 0.3) is 0 Å². The smallest absolute Gasteiger partial charge is 0.235 e. The van der Waals surface area contributed by atoms with Crippen LogP contribution in [0.5, 0.6) is 0 Å². The SMILES string of the molecule is O=C(CS(=O)(=O)C1CCCC1)NCC1NCCc2ccccc21. The first-order chi connectivity index (χ1) is 11.1. The summed E-state index contributed by atoms with van der Waals surface area (Å²) in [6.07, 6.45) is 4.29. The maximum absolute atomic E-state index is 12.2. The van der Waals surface area contributed by atoms with Gasteiger partial charge in [-0.1, -0.05) is 37.1 Å². The zero-order valence-corrected chi connectivity index (χ0v) is 14.1. The van der Waals surface area contributed by atoms with Crippen molar-refractivity contribution in [2.75, 3.05) is 18.8 Å². The molecule has 1 aliphatic carbocycles. The minimum Gasteiger partial charge on any atom is -0.353 e. The van der Waals surface area contributed by atoms with Crippen molar-refractivity contribution in [3.63, 3.8) is 0 Å². The van der Waals surface area contributed by atoms with E-state index in [1.165, 1.54) is 11.1 Å². The largest absolute Gasteiger partial charge is 0.353 e. The Bertz CT molecular complexity index is 666. The van der Waals surface area contributed by atoms with Crippen LogP contribution in [0.4, 0.5) is 0 Å². The summed E-state index contributed by atoms with van der Waals surface area (Å²) in [5.41, 5.74) is 2.49. The molecule has 0 saturated heterocycles. The molecule has 1 saturated carbocycles. The Labute approximate surface area is 137 Å². The van der Waals surface area contributed by atoms with Gasteiger partial charge in [-0.25, -0.2) is 8.42 Å². The van der Waals surface area contributed by atoms with E-state index in [1.54, 1.807) is 0 Å². The number of rotatable bonds is 5. The zero-order valence-electron chi connectivity index (χ0n) is 13.3. The van der Waals surface area contributed by atoms with Gasteiger partial charge in [0.25, 0.3) is 0 Å². The van der Waals surface area contributed by atoms with Gasteiger partial charge in [0, 0.05) is 12.6 Å². The molecule has 1 heterocycles. The third kappa shape index (κ3) is 3.93. The van der Waals surface area contributed by atoms with Crippen LogP contribution in [0.15, 0.2) is 24.3 Å². The van der Waals surface area contributed by atoms with Gasteiger partial charge in [-0.15, -0.1) is 0 Å². The molecule has 0 aromatic heterocycles. The summed E-state index contributed by atoms with van der Waals surface area (Å²) >= 11 is 0. The van der Waals surface area contributed by atoms with Crippen LogP contribution in [0.3, 0.4) is 0 Å². The van der Waals surface area contributed by atoms with Crippen molar-refractivity contribution in [3.05, 3.63) is 35.4 Å². The molecule has 1 aromatic rings. The minimum absolute atomic E-state index is 0.0538. The predicted octanol–water partition coefficient (Wildman–Crippen LogP) is 1.35. The quantitative estimate of drug-likeness (QED) is 0.851. The van der Waals surface area contributed by atoms with Crippen LogP contribution in [0, 0.1) is 0 Å². The molecule has 0 spiro atoms. The highest BCUT2D eigenvalue weighted by Gasteiger charge is 2.30. The molecule has 0 radical (unpaired) electrons. The van der Waals surface area contributed by atoms with Crippen molar-refractivity contribution in [1.82, 2.24) is 10.6 Å². The van der Waals surface area contributed by atoms with E-state index < -0.39 is 9.84 Å². The maximum atomic E-state index is 12.2. The van der Waals surface area contributed by atoms with Crippen LogP contribution < -0.4 is 10.6 Å². The van der Waals surface area contributed by atoms with Gasteiger partial charge >= 0.3 is 0 Å². The molecular formula is C17H24N2O3S. The molecule has 5 nitrogen and oxygen atoms in total. The number of amides is 1. The van der Waals surface area contributed by atoms with Gasteiger partial charge in [0.2, 0.25) is 5.91 Å². The maximum Gasteiger partial charge on any atom is 0.235 e. The van der Waals surface area contributed by atoms with Crippen LogP contribution in [0.2, 0.25) is 0 Å². The minimum atomic E-state index is -3.31. The van der Waals surface area contributed by atoms with Gasteiger partial charge in [-0.05, 0) is 36.9 Å². The van der Waals surface area contributed by atoms with Crippen LogP contribution >= 0.6 is 0 Å². The second kappa shape index (κ2) is 7.01. The fourth-order valence-corrected chi connectivity index (χ4v) is 5.34. The van der Waals surface area contributed by atoms with E-state index in [9.17, 15) is 13.2 Å². The Balaban J connectivity index is 1.56. The lowest BCUT2D eigenvalue weighted by atomic mass is 9.94. The van der Waals surface area contributed by atoms with Gasteiger partial charge in [0.1, 0.15) is 5.75 Å². The second-order valence-corrected chi connectivity index (χ2v) is 8.75. The molecule has 1 aliphatic heterocycles. The van der Waals surface area contributed by atoms with Crippen molar-refractivity contribution < 1.29 is 13.2 Å². The second-order valence-electron chi connectivity index (χ2n) is 6.47. The molecule has 23 heavy (non-hydrogen) atoms. The fourth-order valence-electron chi connectivity index (χ4n) is 3.59. The van der Waals surface area contributed by atoms with E-state index in [4.69, 9.17) is 0 Å². The number of benzene rings is 1. The molecule has 2 aliphatic rings. The molecule has 3 rings (SSSR count). The lowest BCUT2D eigenvalue weighted by molar-refractivity contribution is -0.118. The van der Waals surface area contributed by atoms with Crippen molar-refractivity contribution in [2.24, 2.45) is 0 Å². The summed E-state index contributed by atoms with van der Waals surface area (Å²) in [7, 11) is -3.31. The molecule has 1 aromatic carbocycles. The fraction of sp³-hybridized carbons (Fsp3) is 0.588. The van der Waals surface area contributed by atoms with Gasteiger partial charge in [-0.3, -0.25) is 4.79 Å². The van der Waals surface area contributed by atoms with Gasteiger partial charge in [-0.2, -0.15) is 0 Å². The molecule has 6 heteroatoms. The zero-order chi connectivity index (χ0) is 16.3. The summed E-state index contributed by atoms with van der Waals surface area (Å²) in [5.74, 6) is -0.770. The van der Waals surface area contributed by atoms with E-state index in [-0.39, 0.29) is 23.0 Å². The van der Waals surface area contributed by atoms with Gasteiger partial charge in [0.05, 0.1) is 5.25 Å². The summed E-state index contributed by atoms with van der Waals surface area (Å²) in [6, 6.07) is 8.24. The Morgan fingerprint density at radius 1 is 1.22 bits per heavy atom. The van der Waals surface area contributed by atoms with E-state index in [0.717, 1.165) is 25.8 Å². The van der Waals surface area contributed by atoms with Crippen LogP contribution in [-0.2, 0) is 21.1 Å². The first-order valence-corrected chi connectivity index (χ1v) is 10.1. The van der Waals surface area contributed by atoms with Crippen molar-refractivity contribution >= 4 is 15.7 Å². The highest BCUT2D eigenvalue weighted by molar-refractivity contribution is 7.92. The topological polar surface area (TPSA) is 75.3 Å². The predicted molar refractivity (Wildman–Crippen MR) is 89.9 cm³/mol. The summed E-state index contributed by atoms with van der Waals surface area (Å²) in [6.45, 7) is 1.30. The number of sulfone groups is 1.